The number of nitrogens with zero attached hydrogens (tertiary/aromatic N) is 2. The first-order valence-corrected chi connectivity index (χ1v) is 8.00. The van der Waals surface area contributed by atoms with Gasteiger partial charge >= 0.3 is 0 Å². The van der Waals surface area contributed by atoms with Gasteiger partial charge in [-0.1, -0.05) is 6.07 Å². The summed E-state index contributed by atoms with van der Waals surface area (Å²) in [4.78, 5) is 6.50. The SMILES string of the molecule is CCNC(=NCc1ccc(F)c(CN(C)C)c1)NCCCOC. The first kappa shape index (κ1) is 19.4. The fourth-order valence-corrected chi connectivity index (χ4v) is 2.12. The smallest absolute Gasteiger partial charge is 0.191 e. The first-order chi connectivity index (χ1) is 11.1. The zero-order chi connectivity index (χ0) is 17.1. The second-order valence-corrected chi connectivity index (χ2v) is 5.63. The van der Waals surface area contributed by atoms with E-state index in [0.717, 1.165) is 37.6 Å². The zero-order valence-corrected chi connectivity index (χ0v) is 14.7. The Kier molecular flexibility index (Phi) is 9.24. The van der Waals surface area contributed by atoms with Gasteiger partial charge in [0, 0.05) is 38.9 Å². The molecule has 0 atom stereocenters. The van der Waals surface area contributed by atoms with E-state index >= 15 is 0 Å². The number of rotatable bonds is 9. The van der Waals surface area contributed by atoms with Crippen LogP contribution < -0.4 is 10.6 Å². The van der Waals surface area contributed by atoms with Crippen molar-refractivity contribution in [2.24, 2.45) is 4.99 Å². The van der Waals surface area contributed by atoms with Crippen LogP contribution in [0.1, 0.15) is 24.5 Å². The number of ether oxygens (including phenoxy) is 1. The standard InChI is InChI=1S/C17H29FN4O/c1-5-19-17(20-9-6-10-23-4)21-12-14-7-8-16(18)15(11-14)13-22(2)3/h7-8,11H,5-6,9-10,12-13H2,1-4H3,(H2,19,20,21). The molecule has 0 aliphatic heterocycles. The van der Waals surface area contributed by atoms with Crippen molar-refractivity contribution < 1.29 is 9.13 Å². The fourth-order valence-electron chi connectivity index (χ4n) is 2.12. The Balaban J connectivity index is 2.66. The molecule has 0 aliphatic rings. The number of methoxy groups -OCH3 is 1. The average molecular weight is 324 g/mol. The van der Waals surface area contributed by atoms with Crippen molar-refractivity contribution in [3.63, 3.8) is 0 Å². The van der Waals surface area contributed by atoms with E-state index in [9.17, 15) is 4.39 Å². The van der Waals surface area contributed by atoms with Gasteiger partial charge in [0.05, 0.1) is 6.54 Å². The maximum absolute atomic E-state index is 13.8. The van der Waals surface area contributed by atoms with Crippen LogP contribution in [0.2, 0.25) is 0 Å². The van der Waals surface area contributed by atoms with E-state index in [1.807, 2.05) is 32.0 Å². The molecule has 0 saturated carbocycles. The van der Waals surface area contributed by atoms with E-state index in [-0.39, 0.29) is 5.82 Å². The Morgan fingerprint density at radius 3 is 2.74 bits per heavy atom. The summed E-state index contributed by atoms with van der Waals surface area (Å²) in [5.41, 5.74) is 1.69. The molecule has 0 radical (unpaired) electrons. The van der Waals surface area contributed by atoms with Gasteiger partial charge in [-0.25, -0.2) is 9.38 Å². The largest absolute Gasteiger partial charge is 0.385 e. The lowest BCUT2D eigenvalue weighted by Gasteiger charge is -2.13. The van der Waals surface area contributed by atoms with Crippen molar-refractivity contribution in [1.82, 2.24) is 15.5 Å². The molecule has 1 rings (SSSR count). The molecule has 23 heavy (non-hydrogen) atoms. The lowest BCUT2D eigenvalue weighted by molar-refractivity contribution is 0.195. The van der Waals surface area contributed by atoms with Crippen LogP contribution >= 0.6 is 0 Å². The Hall–Kier alpha value is -1.66. The lowest BCUT2D eigenvalue weighted by atomic mass is 10.1. The summed E-state index contributed by atoms with van der Waals surface area (Å²) in [6, 6.07) is 5.18. The average Bonchev–Trinajstić information content (AvgIpc) is 2.51. The minimum atomic E-state index is -0.170. The fraction of sp³-hybridized carbons (Fsp3) is 0.588. The van der Waals surface area contributed by atoms with Crippen LogP contribution in [0.4, 0.5) is 4.39 Å². The van der Waals surface area contributed by atoms with Crippen LogP contribution in [0, 0.1) is 5.82 Å². The minimum Gasteiger partial charge on any atom is -0.385 e. The molecule has 1 aromatic carbocycles. The molecule has 0 bridgehead atoms. The molecule has 0 aromatic heterocycles. The molecule has 0 fully saturated rings. The number of guanidine groups is 1. The maximum atomic E-state index is 13.8. The summed E-state index contributed by atoms with van der Waals surface area (Å²) >= 11 is 0. The Labute approximate surface area is 138 Å². The highest BCUT2D eigenvalue weighted by atomic mass is 19.1. The van der Waals surface area contributed by atoms with E-state index in [0.29, 0.717) is 18.7 Å². The number of nitrogens with one attached hydrogen (secondary N) is 2. The highest BCUT2D eigenvalue weighted by Crippen LogP contribution is 2.13. The summed E-state index contributed by atoms with van der Waals surface area (Å²) in [7, 11) is 5.55. The van der Waals surface area contributed by atoms with Gasteiger partial charge in [0.2, 0.25) is 0 Å². The topological polar surface area (TPSA) is 48.9 Å². The van der Waals surface area contributed by atoms with Gasteiger partial charge in [0.15, 0.2) is 5.96 Å². The van der Waals surface area contributed by atoms with Crippen LogP contribution in [0.25, 0.3) is 0 Å². The second-order valence-electron chi connectivity index (χ2n) is 5.63. The number of halogens is 1. The molecule has 1 aromatic rings. The van der Waals surface area contributed by atoms with Gasteiger partial charge in [-0.05, 0) is 45.1 Å². The molecule has 0 heterocycles. The zero-order valence-electron chi connectivity index (χ0n) is 14.7. The Bertz CT molecular complexity index is 491. The van der Waals surface area contributed by atoms with E-state index in [1.54, 1.807) is 13.2 Å². The van der Waals surface area contributed by atoms with Crippen LogP contribution in [0.3, 0.4) is 0 Å². The van der Waals surface area contributed by atoms with Gasteiger partial charge in [-0.15, -0.1) is 0 Å². The quantitative estimate of drug-likeness (QED) is 0.414. The summed E-state index contributed by atoms with van der Waals surface area (Å²) in [5.74, 6) is 0.595. The van der Waals surface area contributed by atoms with Crippen LogP contribution in [0.5, 0.6) is 0 Å². The van der Waals surface area contributed by atoms with Gasteiger partial charge in [0.1, 0.15) is 5.82 Å². The Morgan fingerprint density at radius 2 is 2.09 bits per heavy atom. The summed E-state index contributed by atoms with van der Waals surface area (Å²) in [6.07, 6.45) is 0.921. The number of benzene rings is 1. The molecule has 6 heteroatoms. The summed E-state index contributed by atoms with van der Waals surface area (Å²) in [6.45, 7) is 5.44. The van der Waals surface area contributed by atoms with Crippen molar-refractivity contribution in [2.45, 2.75) is 26.4 Å². The van der Waals surface area contributed by atoms with E-state index in [1.165, 1.54) is 6.07 Å². The van der Waals surface area contributed by atoms with Crippen LogP contribution in [0.15, 0.2) is 23.2 Å². The predicted molar refractivity (Wildman–Crippen MR) is 93.1 cm³/mol. The molecule has 5 nitrogen and oxygen atoms in total. The van der Waals surface area contributed by atoms with Crippen molar-refractivity contribution in [3.8, 4) is 0 Å². The number of hydrogen-bond donors (Lipinski definition) is 2. The van der Waals surface area contributed by atoms with Gasteiger partial charge < -0.3 is 20.3 Å². The molecule has 130 valence electrons. The second kappa shape index (κ2) is 11.0. The van der Waals surface area contributed by atoms with Gasteiger partial charge in [0.25, 0.3) is 0 Å². The van der Waals surface area contributed by atoms with Crippen molar-refractivity contribution >= 4 is 5.96 Å². The normalized spacial score (nSPS) is 11.8. The van der Waals surface area contributed by atoms with E-state index in [4.69, 9.17) is 4.74 Å². The lowest BCUT2D eigenvalue weighted by Crippen LogP contribution is -2.38. The molecule has 2 N–H and O–H groups in total. The van der Waals surface area contributed by atoms with E-state index < -0.39 is 0 Å². The molecule has 0 saturated heterocycles. The summed E-state index contributed by atoms with van der Waals surface area (Å²) < 4.78 is 18.8. The van der Waals surface area contributed by atoms with Crippen molar-refractivity contribution in [3.05, 3.63) is 35.1 Å². The molecule has 0 spiro atoms. The molecular weight excluding hydrogens is 295 g/mol. The number of hydrogen-bond acceptors (Lipinski definition) is 3. The summed E-state index contributed by atoms with van der Waals surface area (Å²) in [5, 5.41) is 6.46. The monoisotopic (exact) mass is 324 g/mol. The third kappa shape index (κ3) is 7.95. The first-order valence-electron chi connectivity index (χ1n) is 8.00. The highest BCUT2D eigenvalue weighted by molar-refractivity contribution is 5.79. The van der Waals surface area contributed by atoms with Gasteiger partial charge in [-0.3, -0.25) is 0 Å². The van der Waals surface area contributed by atoms with Crippen molar-refractivity contribution in [2.75, 3.05) is 40.9 Å². The van der Waals surface area contributed by atoms with Crippen LogP contribution in [-0.2, 0) is 17.8 Å². The number of aliphatic imine (C=N–C) groups is 1. The third-order valence-corrected chi connectivity index (χ3v) is 3.18. The highest BCUT2D eigenvalue weighted by Gasteiger charge is 2.05. The predicted octanol–water partition coefficient (Wildman–Crippen LogP) is 1.98. The third-order valence-electron chi connectivity index (χ3n) is 3.18. The molecular formula is C17H29FN4O. The Morgan fingerprint density at radius 1 is 1.30 bits per heavy atom. The van der Waals surface area contributed by atoms with Gasteiger partial charge in [-0.2, -0.15) is 0 Å². The molecule has 0 amide bonds. The molecule has 0 aliphatic carbocycles. The van der Waals surface area contributed by atoms with Crippen LogP contribution in [-0.4, -0.2) is 51.8 Å². The maximum Gasteiger partial charge on any atom is 0.191 e. The molecule has 0 unspecified atom stereocenters. The van der Waals surface area contributed by atoms with E-state index in [2.05, 4.69) is 15.6 Å². The van der Waals surface area contributed by atoms with Crippen molar-refractivity contribution in [1.29, 1.82) is 0 Å². The minimum absolute atomic E-state index is 0.170.